The van der Waals surface area contributed by atoms with Crippen LogP contribution in [0.4, 0.5) is 30.7 Å². The molecule has 0 amide bonds. The molecule has 1 heterocycles. The van der Waals surface area contributed by atoms with E-state index in [9.17, 15) is 39.2 Å². The molecule has 0 fully saturated rings. The van der Waals surface area contributed by atoms with Crippen molar-refractivity contribution >= 4 is 21.1 Å². The van der Waals surface area contributed by atoms with Crippen molar-refractivity contribution in [3.63, 3.8) is 0 Å². The van der Waals surface area contributed by atoms with Gasteiger partial charge in [0.2, 0.25) is 5.62 Å². The molecular formula is C24H18F7N3O2S. The molecule has 0 atom stereocenters. The molecule has 0 saturated carbocycles. The first kappa shape index (κ1) is 26.5. The van der Waals surface area contributed by atoms with Crippen molar-refractivity contribution in [2.45, 2.75) is 37.3 Å². The van der Waals surface area contributed by atoms with Crippen LogP contribution in [0.2, 0.25) is 0 Å². The monoisotopic (exact) mass is 545 g/mol. The molecule has 4 aromatic rings. The Labute approximate surface area is 206 Å². The van der Waals surface area contributed by atoms with Gasteiger partial charge in [0.1, 0.15) is 5.82 Å². The maximum absolute atomic E-state index is 14.2. The van der Waals surface area contributed by atoms with E-state index in [1.165, 1.54) is 28.8 Å². The van der Waals surface area contributed by atoms with Crippen molar-refractivity contribution in [2.24, 2.45) is 4.40 Å². The minimum absolute atomic E-state index is 0.0448. The van der Waals surface area contributed by atoms with Crippen LogP contribution >= 0.6 is 0 Å². The molecular weight excluding hydrogens is 527 g/mol. The van der Waals surface area contributed by atoms with Crippen LogP contribution in [0.3, 0.4) is 0 Å². The summed E-state index contributed by atoms with van der Waals surface area (Å²) in [7, 11) is -4.34. The molecule has 37 heavy (non-hydrogen) atoms. The third-order valence-electron chi connectivity index (χ3n) is 5.61. The number of alkyl halides is 6. The van der Waals surface area contributed by atoms with Crippen molar-refractivity contribution in [2.75, 3.05) is 0 Å². The van der Waals surface area contributed by atoms with Crippen LogP contribution in [0.25, 0.3) is 11.0 Å². The van der Waals surface area contributed by atoms with Crippen molar-refractivity contribution in [1.29, 1.82) is 0 Å². The number of hydrogen-bond acceptors (Lipinski definition) is 2. The van der Waals surface area contributed by atoms with Gasteiger partial charge in [-0.05, 0) is 55.0 Å². The zero-order valence-corrected chi connectivity index (χ0v) is 19.8. The lowest BCUT2D eigenvalue weighted by molar-refractivity contribution is -0.140. The summed E-state index contributed by atoms with van der Waals surface area (Å²) in [6, 6.07) is 11.9. The molecule has 0 aliphatic carbocycles. The number of hydrogen-bond donors (Lipinski definition) is 0. The van der Waals surface area contributed by atoms with Gasteiger partial charge in [0.25, 0.3) is 10.0 Å². The molecule has 4 rings (SSSR count). The highest BCUT2D eigenvalue weighted by Gasteiger charge is 2.34. The number of imidazole rings is 1. The largest absolute Gasteiger partial charge is 0.419 e. The molecule has 1 aromatic heterocycles. The second-order valence-corrected chi connectivity index (χ2v) is 9.63. The summed E-state index contributed by atoms with van der Waals surface area (Å²) in [6.45, 7) is 1.26. The van der Waals surface area contributed by atoms with Crippen LogP contribution in [-0.2, 0) is 35.5 Å². The summed E-state index contributed by atoms with van der Waals surface area (Å²) in [5.74, 6) is -1.57. The Kier molecular flexibility index (Phi) is 6.69. The highest BCUT2D eigenvalue weighted by atomic mass is 32.2. The van der Waals surface area contributed by atoms with Crippen molar-refractivity contribution in [3.05, 3.63) is 94.9 Å². The van der Waals surface area contributed by atoms with Gasteiger partial charge in [-0.25, -0.2) is 4.39 Å². The minimum atomic E-state index is -4.94. The number of aromatic nitrogens is 2. The van der Waals surface area contributed by atoms with Gasteiger partial charge in [0.05, 0.1) is 33.6 Å². The van der Waals surface area contributed by atoms with E-state index < -0.39 is 45.9 Å². The molecule has 0 radical (unpaired) electrons. The fraction of sp³-hybridized carbons (Fsp3) is 0.208. The van der Waals surface area contributed by atoms with Gasteiger partial charge in [0.15, 0.2) is 0 Å². The Morgan fingerprint density at radius 1 is 0.811 bits per heavy atom. The Morgan fingerprint density at radius 2 is 1.49 bits per heavy atom. The molecule has 0 aliphatic rings. The van der Waals surface area contributed by atoms with Crippen LogP contribution in [0, 0.1) is 5.82 Å². The van der Waals surface area contributed by atoms with Crippen LogP contribution in [0.5, 0.6) is 0 Å². The fourth-order valence-electron chi connectivity index (χ4n) is 3.89. The summed E-state index contributed by atoms with van der Waals surface area (Å²) >= 11 is 0. The van der Waals surface area contributed by atoms with E-state index in [0.29, 0.717) is 12.1 Å². The summed E-state index contributed by atoms with van der Waals surface area (Å²) in [5.41, 5.74) is -2.74. The standard InChI is InChI=1S/C24H18F7N3O2S/c1-2-33-20-11-9-16(23(26,27)28)13-21(20)34(14-15-8-10-18(19(25)12-15)24(29,30)31)22(33)32-37(35,36)17-6-4-3-5-7-17/h3-13H,2,14H2,1H3. The number of halogens is 7. The van der Waals surface area contributed by atoms with Gasteiger partial charge in [-0.3, -0.25) is 0 Å². The summed E-state index contributed by atoms with van der Waals surface area (Å²) in [6.07, 6.45) is -9.67. The van der Waals surface area contributed by atoms with Gasteiger partial charge in [-0.2, -0.15) is 34.8 Å². The summed E-state index contributed by atoms with van der Waals surface area (Å²) in [5, 5.41) is 0. The molecule has 196 valence electrons. The van der Waals surface area contributed by atoms with E-state index in [1.807, 2.05) is 0 Å². The Morgan fingerprint density at radius 3 is 2.05 bits per heavy atom. The molecule has 0 spiro atoms. The SMILES string of the molecule is CCn1c(=NS(=O)(=O)c2ccccc2)n(Cc2ccc(C(F)(F)F)c(F)c2)c2cc(C(F)(F)F)ccc21. The van der Waals surface area contributed by atoms with E-state index in [-0.39, 0.29) is 33.7 Å². The quantitative estimate of drug-likeness (QED) is 0.290. The Balaban J connectivity index is 2.01. The maximum atomic E-state index is 14.2. The maximum Gasteiger partial charge on any atom is 0.419 e. The van der Waals surface area contributed by atoms with E-state index in [0.717, 1.165) is 28.8 Å². The van der Waals surface area contributed by atoms with Crippen molar-refractivity contribution in [3.8, 4) is 0 Å². The average Bonchev–Trinajstić information content (AvgIpc) is 3.09. The first-order valence-electron chi connectivity index (χ1n) is 10.7. The van der Waals surface area contributed by atoms with Crippen LogP contribution in [0.1, 0.15) is 23.6 Å². The molecule has 13 heteroatoms. The highest BCUT2D eigenvalue weighted by molar-refractivity contribution is 7.90. The molecule has 0 aliphatic heterocycles. The number of fused-ring (bicyclic) bond motifs is 1. The van der Waals surface area contributed by atoms with E-state index in [4.69, 9.17) is 0 Å². The van der Waals surface area contributed by atoms with Crippen LogP contribution in [-0.4, -0.2) is 17.6 Å². The third kappa shape index (κ3) is 5.26. The Bertz CT molecular complexity index is 1640. The predicted molar refractivity (Wildman–Crippen MR) is 120 cm³/mol. The van der Waals surface area contributed by atoms with Gasteiger partial charge < -0.3 is 9.13 Å². The second kappa shape index (κ2) is 9.36. The lowest BCUT2D eigenvalue weighted by atomic mass is 10.1. The second-order valence-electron chi connectivity index (χ2n) is 8.02. The number of sulfonamides is 1. The normalized spacial score (nSPS) is 13.5. The molecule has 0 bridgehead atoms. The zero-order chi connectivity index (χ0) is 27.2. The first-order chi connectivity index (χ1) is 17.2. The van der Waals surface area contributed by atoms with E-state index in [1.54, 1.807) is 13.0 Å². The first-order valence-corrected chi connectivity index (χ1v) is 12.2. The minimum Gasteiger partial charge on any atom is -0.310 e. The fourth-order valence-corrected chi connectivity index (χ4v) is 4.91. The summed E-state index contributed by atoms with van der Waals surface area (Å²) < 4.78 is 126. The van der Waals surface area contributed by atoms with Crippen LogP contribution < -0.4 is 5.62 Å². The summed E-state index contributed by atoms with van der Waals surface area (Å²) in [4.78, 5) is -0.175. The van der Waals surface area contributed by atoms with E-state index >= 15 is 0 Å². The van der Waals surface area contributed by atoms with Crippen molar-refractivity contribution < 1.29 is 39.2 Å². The molecule has 5 nitrogen and oxygen atoms in total. The van der Waals surface area contributed by atoms with Gasteiger partial charge in [-0.1, -0.05) is 24.3 Å². The Hall–Kier alpha value is -3.61. The zero-order valence-electron chi connectivity index (χ0n) is 19.0. The molecule has 0 N–H and O–H groups in total. The number of rotatable bonds is 5. The molecule has 0 unspecified atom stereocenters. The predicted octanol–water partition coefficient (Wildman–Crippen LogP) is 5.98. The van der Waals surface area contributed by atoms with Gasteiger partial charge >= 0.3 is 12.4 Å². The van der Waals surface area contributed by atoms with Gasteiger partial charge in [0, 0.05) is 6.54 Å². The smallest absolute Gasteiger partial charge is 0.310 e. The highest BCUT2D eigenvalue weighted by Crippen LogP contribution is 2.33. The molecule has 0 saturated heterocycles. The van der Waals surface area contributed by atoms with Crippen molar-refractivity contribution in [1.82, 2.24) is 9.13 Å². The van der Waals surface area contributed by atoms with Gasteiger partial charge in [-0.15, -0.1) is 4.40 Å². The number of nitrogens with zero attached hydrogens (tertiary/aromatic N) is 3. The lowest BCUT2D eigenvalue weighted by Crippen LogP contribution is -2.28. The average molecular weight is 545 g/mol. The number of benzene rings is 3. The van der Waals surface area contributed by atoms with Crippen LogP contribution in [0.15, 0.2) is 76.0 Å². The molecule has 3 aromatic carbocycles. The number of aryl methyl sites for hydroxylation is 1. The topological polar surface area (TPSA) is 56.4 Å². The van der Waals surface area contributed by atoms with E-state index in [2.05, 4.69) is 4.40 Å². The third-order valence-corrected chi connectivity index (χ3v) is 6.88. The lowest BCUT2D eigenvalue weighted by Gasteiger charge is -2.11.